The molecule has 0 bridgehead atoms. The topological polar surface area (TPSA) is 110 Å². The van der Waals surface area contributed by atoms with Crippen molar-refractivity contribution in [1.82, 2.24) is 4.57 Å². The smallest absolute Gasteiger partial charge is 0.341 e. The SMILES string of the molecule is CC(C)(C)ON=C1CN(c2cc3c(cc2F)c(=O)c(C(=O)O)cn3C2CC2)CC1(C)CN. The van der Waals surface area contributed by atoms with E-state index in [4.69, 9.17) is 10.6 Å². The molecule has 2 heterocycles. The largest absolute Gasteiger partial charge is 0.477 e. The number of carboxylic acid groups (broad SMARTS) is 1. The van der Waals surface area contributed by atoms with Crippen molar-refractivity contribution in [2.75, 3.05) is 24.5 Å². The second kappa shape index (κ2) is 7.58. The second-order valence-corrected chi connectivity index (χ2v) is 10.00. The zero-order valence-electron chi connectivity index (χ0n) is 18.8. The monoisotopic (exact) mass is 444 g/mol. The maximum Gasteiger partial charge on any atom is 0.341 e. The third kappa shape index (κ3) is 3.97. The van der Waals surface area contributed by atoms with Gasteiger partial charge in [0.1, 0.15) is 17.0 Å². The number of carbonyl (C=O) groups is 1. The molecule has 2 aromatic rings. The summed E-state index contributed by atoms with van der Waals surface area (Å²) in [5, 5.41) is 13.8. The fraction of sp³-hybridized carbons (Fsp3) is 0.522. The molecule has 9 heteroatoms. The van der Waals surface area contributed by atoms with Crippen molar-refractivity contribution in [2.45, 2.75) is 52.2 Å². The molecule has 0 spiro atoms. The van der Waals surface area contributed by atoms with E-state index in [1.54, 1.807) is 10.6 Å². The molecule has 1 aliphatic heterocycles. The van der Waals surface area contributed by atoms with Crippen molar-refractivity contribution in [2.24, 2.45) is 16.3 Å². The van der Waals surface area contributed by atoms with E-state index in [1.807, 2.05) is 32.6 Å². The first-order chi connectivity index (χ1) is 14.9. The highest BCUT2D eigenvalue weighted by molar-refractivity contribution is 5.98. The Morgan fingerprint density at radius 2 is 2.06 bits per heavy atom. The minimum atomic E-state index is -1.31. The van der Waals surface area contributed by atoms with Crippen LogP contribution in [-0.4, -0.2) is 46.6 Å². The van der Waals surface area contributed by atoms with Gasteiger partial charge < -0.3 is 25.1 Å². The van der Waals surface area contributed by atoms with Crippen LogP contribution in [0.3, 0.4) is 0 Å². The van der Waals surface area contributed by atoms with E-state index in [-0.39, 0.29) is 17.0 Å². The quantitative estimate of drug-likeness (QED) is 0.686. The van der Waals surface area contributed by atoms with Crippen LogP contribution < -0.4 is 16.1 Å². The Hall–Kier alpha value is -2.94. The van der Waals surface area contributed by atoms with E-state index >= 15 is 4.39 Å². The molecular formula is C23H29FN4O4. The van der Waals surface area contributed by atoms with Crippen molar-refractivity contribution in [3.05, 3.63) is 39.9 Å². The molecule has 32 heavy (non-hydrogen) atoms. The predicted octanol–water partition coefficient (Wildman–Crippen LogP) is 3.13. The Kier molecular flexibility index (Phi) is 5.27. The third-order valence-corrected chi connectivity index (χ3v) is 6.07. The van der Waals surface area contributed by atoms with Crippen LogP contribution in [0.25, 0.3) is 10.9 Å². The Morgan fingerprint density at radius 3 is 2.62 bits per heavy atom. The highest BCUT2D eigenvalue weighted by Crippen LogP contribution is 2.39. The van der Waals surface area contributed by atoms with Gasteiger partial charge in [-0.3, -0.25) is 4.79 Å². The van der Waals surface area contributed by atoms with Gasteiger partial charge in [0, 0.05) is 36.1 Å². The second-order valence-electron chi connectivity index (χ2n) is 10.00. The van der Waals surface area contributed by atoms with Gasteiger partial charge in [-0.1, -0.05) is 12.1 Å². The van der Waals surface area contributed by atoms with Gasteiger partial charge in [0.05, 0.1) is 23.5 Å². The zero-order valence-corrected chi connectivity index (χ0v) is 18.8. The van der Waals surface area contributed by atoms with Crippen LogP contribution >= 0.6 is 0 Å². The van der Waals surface area contributed by atoms with E-state index in [2.05, 4.69) is 5.16 Å². The molecule has 1 atom stereocenters. The first kappa shape index (κ1) is 22.3. The molecular weight excluding hydrogens is 415 g/mol. The third-order valence-electron chi connectivity index (χ3n) is 6.07. The van der Waals surface area contributed by atoms with Crippen LogP contribution in [0.15, 0.2) is 28.3 Å². The van der Waals surface area contributed by atoms with Crippen LogP contribution in [0.5, 0.6) is 0 Å². The van der Waals surface area contributed by atoms with E-state index in [0.717, 1.165) is 24.6 Å². The lowest BCUT2D eigenvalue weighted by molar-refractivity contribution is -0.000438. The number of halogens is 1. The number of hydrogen-bond acceptors (Lipinski definition) is 6. The number of carboxylic acids is 1. The summed E-state index contributed by atoms with van der Waals surface area (Å²) >= 11 is 0. The average Bonchev–Trinajstić information content (AvgIpc) is 3.49. The maximum absolute atomic E-state index is 15.3. The number of oxime groups is 1. The summed E-state index contributed by atoms with van der Waals surface area (Å²) in [6.45, 7) is 8.77. The molecule has 2 aliphatic rings. The van der Waals surface area contributed by atoms with Crippen LogP contribution in [0, 0.1) is 11.2 Å². The normalized spacial score (nSPS) is 22.7. The van der Waals surface area contributed by atoms with Crippen molar-refractivity contribution < 1.29 is 19.1 Å². The number of aromatic nitrogens is 1. The standard InChI is InChI=1S/C23H29FN4O4/c1-22(2,3)32-26-19-10-27(12-23(19,4)11-25)18-8-17-14(7-16(18)24)20(29)15(21(30)31)9-28(17)13-5-6-13/h7-9,13H,5-6,10-12,25H2,1-4H3,(H,30,31). The molecule has 8 nitrogen and oxygen atoms in total. The summed E-state index contributed by atoms with van der Waals surface area (Å²) in [4.78, 5) is 31.7. The number of aromatic carboxylic acids is 1. The molecule has 0 radical (unpaired) electrons. The van der Waals surface area contributed by atoms with Crippen molar-refractivity contribution in [3.63, 3.8) is 0 Å². The van der Waals surface area contributed by atoms with Gasteiger partial charge in [0.2, 0.25) is 5.43 Å². The van der Waals surface area contributed by atoms with E-state index in [1.165, 1.54) is 6.20 Å². The van der Waals surface area contributed by atoms with Gasteiger partial charge in [-0.15, -0.1) is 0 Å². The molecule has 1 saturated carbocycles. The summed E-state index contributed by atoms with van der Waals surface area (Å²) in [7, 11) is 0. The Balaban J connectivity index is 1.81. The number of nitrogens with zero attached hydrogens (tertiary/aromatic N) is 3. The highest BCUT2D eigenvalue weighted by atomic mass is 19.1. The summed E-state index contributed by atoms with van der Waals surface area (Å²) in [5.41, 5.74) is 5.66. The van der Waals surface area contributed by atoms with Gasteiger partial charge in [0.15, 0.2) is 0 Å². The summed E-state index contributed by atoms with van der Waals surface area (Å²) in [6.07, 6.45) is 3.16. The van der Waals surface area contributed by atoms with Crippen LogP contribution in [0.1, 0.15) is 56.9 Å². The number of hydrogen-bond donors (Lipinski definition) is 2. The average molecular weight is 445 g/mol. The van der Waals surface area contributed by atoms with Gasteiger partial charge in [0.25, 0.3) is 0 Å². The fourth-order valence-corrected chi connectivity index (χ4v) is 4.03. The maximum atomic E-state index is 15.3. The van der Waals surface area contributed by atoms with E-state index < -0.39 is 28.2 Å². The number of fused-ring (bicyclic) bond motifs is 1. The van der Waals surface area contributed by atoms with Gasteiger partial charge >= 0.3 is 5.97 Å². The molecule has 1 aliphatic carbocycles. The van der Waals surface area contributed by atoms with E-state index in [9.17, 15) is 14.7 Å². The van der Waals surface area contributed by atoms with Crippen molar-refractivity contribution in [3.8, 4) is 0 Å². The summed E-state index contributed by atoms with van der Waals surface area (Å²) in [5.74, 6) is -1.90. The Morgan fingerprint density at radius 1 is 1.38 bits per heavy atom. The van der Waals surface area contributed by atoms with Crippen molar-refractivity contribution in [1.29, 1.82) is 0 Å². The van der Waals surface area contributed by atoms with Gasteiger partial charge in [-0.2, -0.15) is 0 Å². The molecule has 172 valence electrons. The Labute approximate surface area is 185 Å². The number of anilines is 1. The molecule has 1 saturated heterocycles. The lowest BCUT2D eigenvalue weighted by Crippen LogP contribution is -2.36. The first-order valence-corrected chi connectivity index (χ1v) is 10.8. The lowest BCUT2D eigenvalue weighted by atomic mass is 9.88. The molecule has 0 amide bonds. The minimum absolute atomic E-state index is 0.0730. The molecule has 1 aromatic heterocycles. The molecule has 1 aromatic carbocycles. The minimum Gasteiger partial charge on any atom is -0.477 e. The summed E-state index contributed by atoms with van der Waals surface area (Å²) in [6, 6.07) is 2.90. The molecule has 2 fully saturated rings. The molecule has 4 rings (SSSR count). The number of pyridine rings is 1. The van der Waals surface area contributed by atoms with Crippen molar-refractivity contribution >= 4 is 28.3 Å². The van der Waals surface area contributed by atoms with Crippen LogP contribution in [-0.2, 0) is 4.84 Å². The highest BCUT2D eigenvalue weighted by Gasteiger charge is 2.41. The number of nitrogens with two attached hydrogens (primary N) is 1. The number of rotatable bonds is 5. The van der Waals surface area contributed by atoms with Crippen LogP contribution in [0.4, 0.5) is 10.1 Å². The van der Waals surface area contributed by atoms with Gasteiger partial charge in [-0.05, 0) is 45.7 Å². The van der Waals surface area contributed by atoms with E-state index in [0.29, 0.717) is 30.8 Å². The zero-order chi connectivity index (χ0) is 23.4. The molecule has 3 N–H and O–H groups in total. The lowest BCUT2D eigenvalue weighted by Gasteiger charge is -2.24. The first-order valence-electron chi connectivity index (χ1n) is 10.8. The Bertz CT molecular complexity index is 1180. The predicted molar refractivity (Wildman–Crippen MR) is 121 cm³/mol. The summed E-state index contributed by atoms with van der Waals surface area (Å²) < 4.78 is 17.0. The van der Waals surface area contributed by atoms with Gasteiger partial charge in [-0.25, -0.2) is 9.18 Å². The molecule has 1 unspecified atom stereocenters. The van der Waals surface area contributed by atoms with Crippen LogP contribution in [0.2, 0.25) is 0 Å². The fourth-order valence-electron chi connectivity index (χ4n) is 4.03. The number of benzene rings is 1.